The van der Waals surface area contributed by atoms with Crippen LogP contribution in [0.4, 0.5) is 6.01 Å². The molecule has 7 nitrogen and oxygen atoms in total. The summed E-state index contributed by atoms with van der Waals surface area (Å²) in [6.07, 6.45) is 1.12. The van der Waals surface area contributed by atoms with Crippen molar-refractivity contribution in [2.45, 2.75) is 0 Å². The molecule has 2 N–H and O–H groups in total. The van der Waals surface area contributed by atoms with Gasteiger partial charge in [-0.25, -0.2) is 5.48 Å². The zero-order valence-electron chi connectivity index (χ0n) is 10.0. The van der Waals surface area contributed by atoms with Crippen LogP contribution in [0, 0.1) is 0 Å². The molecule has 1 heterocycles. The van der Waals surface area contributed by atoms with Crippen LogP contribution in [-0.4, -0.2) is 23.9 Å². The lowest BCUT2D eigenvalue weighted by atomic mass is 10.2. The number of nitrogens with one attached hydrogen (secondary N) is 2. The monoisotopic (exact) mass is 261 g/mol. The van der Waals surface area contributed by atoms with Crippen molar-refractivity contribution in [3.8, 4) is 0 Å². The van der Waals surface area contributed by atoms with E-state index in [1.165, 1.54) is 7.11 Å². The van der Waals surface area contributed by atoms with Gasteiger partial charge in [-0.3, -0.25) is 19.7 Å². The first-order valence-electron chi connectivity index (χ1n) is 5.36. The fourth-order valence-electron chi connectivity index (χ4n) is 1.34. The van der Waals surface area contributed by atoms with E-state index in [-0.39, 0.29) is 17.6 Å². The Hall–Kier alpha value is -2.67. The minimum absolute atomic E-state index is 0.00483. The Morgan fingerprint density at radius 2 is 1.95 bits per heavy atom. The SMILES string of the molecule is CONC(=O)c1coc(NC(=O)c2ccccc2)n1. The van der Waals surface area contributed by atoms with E-state index in [2.05, 4.69) is 20.6 Å². The standard InChI is InChI=1S/C12H11N3O4/c1-18-15-11(17)9-7-19-12(13-9)14-10(16)8-5-3-2-4-6-8/h2-7H,1H3,(H,15,17)(H,13,14,16). The van der Waals surface area contributed by atoms with E-state index in [4.69, 9.17) is 4.42 Å². The quantitative estimate of drug-likeness (QED) is 0.807. The highest BCUT2D eigenvalue weighted by Gasteiger charge is 2.14. The number of carbonyl (C=O) groups is 2. The number of carbonyl (C=O) groups excluding carboxylic acids is 2. The second-order valence-corrected chi connectivity index (χ2v) is 3.49. The summed E-state index contributed by atoms with van der Waals surface area (Å²) >= 11 is 0. The molecular weight excluding hydrogens is 250 g/mol. The number of rotatable bonds is 4. The van der Waals surface area contributed by atoms with Gasteiger partial charge in [0.25, 0.3) is 11.8 Å². The predicted octanol–water partition coefficient (Wildman–Crippen LogP) is 1.22. The van der Waals surface area contributed by atoms with Crippen LogP contribution in [0.1, 0.15) is 20.8 Å². The summed E-state index contributed by atoms with van der Waals surface area (Å²) < 4.78 is 4.96. The number of oxazole rings is 1. The lowest BCUT2D eigenvalue weighted by Crippen LogP contribution is -2.22. The van der Waals surface area contributed by atoms with Gasteiger partial charge in [0.1, 0.15) is 6.26 Å². The first kappa shape index (κ1) is 12.8. The second-order valence-electron chi connectivity index (χ2n) is 3.49. The van der Waals surface area contributed by atoms with Crippen LogP contribution in [0.2, 0.25) is 0 Å². The van der Waals surface area contributed by atoms with Gasteiger partial charge < -0.3 is 4.42 Å². The highest BCUT2D eigenvalue weighted by atomic mass is 16.6. The van der Waals surface area contributed by atoms with Crippen LogP contribution in [0.25, 0.3) is 0 Å². The molecule has 0 bridgehead atoms. The first-order chi connectivity index (χ1) is 9.20. The van der Waals surface area contributed by atoms with Crippen LogP contribution in [0.3, 0.4) is 0 Å². The summed E-state index contributed by atoms with van der Waals surface area (Å²) in [4.78, 5) is 31.4. The fraction of sp³-hybridized carbons (Fsp3) is 0.0833. The number of amides is 2. The van der Waals surface area contributed by atoms with Gasteiger partial charge >= 0.3 is 6.01 Å². The number of hydroxylamine groups is 1. The minimum Gasteiger partial charge on any atom is -0.431 e. The topological polar surface area (TPSA) is 93.5 Å². The van der Waals surface area contributed by atoms with E-state index >= 15 is 0 Å². The summed E-state index contributed by atoms with van der Waals surface area (Å²) in [5.41, 5.74) is 2.55. The number of aromatic nitrogens is 1. The molecule has 0 aliphatic rings. The molecule has 0 saturated carbocycles. The van der Waals surface area contributed by atoms with Crippen molar-refractivity contribution in [2.75, 3.05) is 12.4 Å². The maximum atomic E-state index is 11.8. The van der Waals surface area contributed by atoms with E-state index in [9.17, 15) is 9.59 Å². The Morgan fingerprint density at radius 1 is 1.21 bits per heavy atom. The minimum atomic E-state index is -0.563. The van der Waals surface area contributed by atoms with Crippen LogP contribution < -0.4 is 10.8 Å². The largest absolute Gasteiger partial charge is 0.431 e. The Kier molecular flexibility index (Phi) is 3.89. The van der Waals surface area contributed by atoms with Gasteiger partial charge in [0, 0.05) is 5.56 Å². The molecule has 1 aromatic heterocycles. The van der Waals surface area contributed by atoms with Crippen molar-refractivity contribution >= 4 is 17.8 Å². The lowest BCUT2D eigenvalue weighted by molar-refractivity contribution is 0.0532. The van der Waals surface area contributed by atoms with Gasteiger partial charge in [-0.15, -0.1) is 0 Å². The van der Waals surface area contributed by atoms with Crippen LogP contribution >= 0.6 is 0 Å². The molecule has 0 aliphatic carbocycles. The van der Waals surface area contributed by atoms with E-state index in [1.54, 1.807) is 30.3 Å². The predicted molar refractivity (Wildman–Crippen MR) is 65.4 cm³/mol. The molecule has 2 aromatic rings. The molecule has 2 rings (SSSR count). The van der Waals surface area contributed by atoms with Crippen molar-refractivity contribution in [1.29, 1.82) is 0 Å². The Bertz CT molecular complexity index is 580. The van der Waals surface area contributed by atoms with Gasteiger partial charge in [0.15, 0.2) is 5.69 Å². The summed E-state index contributed by atoms with van der Waals surface area (Å²) in [6.45, 7) is 0. The molecule has 0 fully saturated rings. The third-order valence-corrected chi connectivity index (χ3v) is 2.19. The molecule has 0 aliphatic heterocycles. The molecule has 0 radical (unpaired) electrons. The van der Waals surface area contributed by atoms with E-state index in [0.29, 0.717) is 5.56 Å². The third kappa shape index (κ3) is 3.17. The fourth-order valence-corrected chi connectivity index (χ4v) is 1.34. The van der Waals surface area contributed by atoms with E-state index in [0.717, 1.165) is 6.26 Å². The number of anilines is 1. The summed E-state index contributed by atoms with van der Waals surface area (Å²) in [5, 5.41) is 2.44. The van der Waals surface area contributed by atoms with Crippen LogP contribution in [-0.2, 0) is 4.84 Å². The van der Waals surface area contributed by atoms with E-state index in [1.807, 2.05) is 0 Å². The summed E-state index contributed by atoms with van der Waals surface area (Å²) in [7, 11) is 1.30. The van der Waals surface area contributed by atoms with Crippen molar-refractivity contribution in [3.63, 3.8) is 0 Å². The lowest BCUT2D eigenvalue weighted by Gasteiger charge is -1.99. The van der Waals surface area contributed by atoms with Crippen molar-refractivity contribution in [2.24, 2.45) is 0 Å². The maximum absolute atomic E-state index is 11.8. The molecule has 0 unspecified atom stereocenters. The third-order valence-electron chi connectivity index (χ3n) is 2.19. The van der Waals surface area contributed by atoms with Gasteiger partial charge in [0.2, 0.25) is 0 Å². The number of hydrogen-bond donors (Lipinski definition) is 2. The van der Waals surface area contributed by atoms with E-state index < -0.39 is 5.91 Å². The molecule has 0 saturated heterocycles. The summed E-state index contributed by atoms with van der Waals surface area (Å²) in [5.74, 6) is -0.937. The Labute approximate surface area is 108 Å². The van der Waals surface area contributed by atoms with Crippen LogP contribution in [0.15, 0.2) is 41.0 Å². The van der Waals surface area contributed by atoms with Crippen LogP contribution in [0.5, 0.6) is 0 Å². The zero-order chi connectivity index (χ0) is 13.7. The number of hydrogen-bond acceptors (Lipinski definition) is 5. The molecular formula is C12H11N3O4. The summed E-state index contributed by atoms with van der Waals surface area (Å²) in [6, 6.07) is 8.52. The highest BCUT2D eigenvalue weighted by Crippen LogP contribution is 2.09. The van der Waals surface area contributed by atoms with Gasteiger partial charge in [-0.05, 0) is 12.1 Å². The first-order valence-corrected chi connectivity index (χ1v) is 5.36. The normalized spacial score (nSPS) is 9.95. The van der Waals surface area contributed by atoms with Crippen molar-refractivity contribution in [3.05, 3.63) is 47.9 Å². The number of nitrogens with zero attached hydrogens (tertiary/aromatic N) is 1. The van der Waals surface area contributed by atoms with Crippen molar-refractivity contribution in [1.82, 2.24) is 10.5 Å². The Balaban J connectivity index is 2.04. The zero-order valence-corrected chi connectivity index (χ0v) is 10.0. The molecule has 98 valence electrons. The van der Waals surface area contributed by atoms with Gasteiger partial charge in [0.05, 0.1) is 7.11 Å². The maximum Gasteiger partial charge on any atom is 0.302 e. The molecule has 19 heavy (non-hydrogen) atoms. The second kappa shape index (κ2) is 5.78. The molecule has 2 amide bonds. The molecule has 0 spiro atoms. The molecule has 7 heteroatoms. The smallest absolute Gasteiger partial charge is 0.302 e. The van der Waals surface area contributed by atoms with Crippen molar-refractivity contribution < 1.29 is 18.8 Å². The Morgan fingerprint density at radius 3 is 2.63 bits per heavy atom. The number of benzene rings is 1. The molecule has 1 aromatic carbocycles. The molecule has 0 atom stereocenters. The average molecular weight is 261 g/mol. The average Bonchev–Trinajstić information content (AvgIpc) is 2.88. The highest BCUT2D eigenvalue weighted by molar-refractivity contribution is 6.03. The van der Waals surface area contributed by atoms with Gasteiger partial charge in [-0.1, -0.05) is 18.2 Å². The van der Waals surface area contributed by atoms with Gasteiger partial charge in [-0.2, -0.15) is 4.98 Å².